The molecule has 0 radical (unpaired) electrons. The van der Waals surface area contributed by atoms with Crippen LogP contribution >= 0.6 is 0 Å². The zero-order chi connectivity index (χ0) is 17.8. The molecule has 6 nitrogen and oxygen atoms in total. The van der Waals surface area contributed by atoms with E-state index in [1.165, 1.54) is 24.9 Å². The zero-order valence-electron chi connectivity index (χ0n) is 15.4. The van der Waals surface area contributed by atoms with Crippen molar-refractivity contribution in [3.05, 3.63) is 35.9 Å². The summed E-state index contributed by atoms with van der Waals surface area (Å²) in [5.41, 5.74) is 8.07. The molecule has 4 rings (SSSR count). The van der Waals surface area contributed by atoms with E-state index >= 15 is 0 Å². The van der Waals surface area contributed by atoms with Gasteiger partial charge in [0.1, 0.15) is 6.04 Å². The van der Waals surface area contributed by atoms with E-state index in [0.29, 0.717) is 25.2 Å². The molecule has 0 spiro atoms. The van der Waals surface area contributed by atoms with Crippen LogP contribution in [0.25, 0.3) is 0 Å². The second-order valence-electron chi connectivity index (χ2n) is 7.74. The SMILES string of the molecule is O=C(C1CC(C2CCCN(Cc3ccccc3)C2)NN1)N1CCOCC1. The number of carbonyl (C=O) groups excluding carboxylic acids is 1. The summed E-state index contributed by atoms with van der Waals surface area (Å²) >= 11 is 0. The van der Waals surface area contributed by atoms with Crippen molar-refractivity contribution in [2.45, 2.75) is 37.9 Å². The average molecular weight is 358 g/mol. The molecule has 1 amide bonds. The third kappa shape index (κ3) is 4.26. The Bertz CT molecular complexity index is 591. The second-order valence-corrected chi connectivity index (χ2v) is 7.74. The van der Waals surface area contributed by atoms with Gasteiger partial charge in [0.25, 0.3) is 0 Å². The fraction of sp³-hybridized carbons (Fsp3) is 0.650. The number of rotatable bonds is 4. The molecular weight excluding hydrogens is 328 g/mol. The monoisotopic (exact) mass is 358 g/mol. The number of hydrogen-bond acceptors (Lipinski definition) is 5. The first-order valence-electron chi connectivity index (χ1n) is 9.93. The predicted molar refractivity (Wildman–Crippen MR) is 100 cm³/mol. The van der Waals surface area contributed by atoms with Gasteiger partial charge < -0.3 is 9.64 Å². The van der Waals surface area contributed by atoms with E-state index in [1.54, 1.807) is 0 Å². The van der Waals surface area contributed by atoms with Crippen molar-refractivity contribution in [1.82, 2.24) is 20.7 Å². The van der Waals surface area contributed by atoms with E-state index in [-0.39, 0.29) is 11.9 Å². The molecule has 3 unspecified atom stereocenters. The highest BCUT2D eigenvalue weighted by atomic mass is 16.5. The molecule has 3 atom stereocenters. The van der Waals surface area contributed by atoms with Crippen molar-refractivity contribution in [2.75, 3.05) is 39.4 Å². The number of morpholine rings is 1. The van der Waals surface area contributed by atoms with Crippen molar-refractivity contribution in [3.63, 3.8) is 0 Å². The topological polar surface area (TPSA) is 56.8 Å². The Kier molecular flexibility index (Phi) is 5.84. The van der Waals surface area contributed by atoms with Gasteiger partial charge in [-0.05, 0) is 37.3 Å². The largest absolute Gasteiger partial charge is 0.378 e. The van der Waals surface area contributed by atoms with E-state index in [4.69, 9.17) is 4.74 Å². The molecular formula is C20H30N4O2. The van der Waals surface area contributed by atoms with Crippen LogP contribution in [0.15, 0.2) is 30.3 Å². The maximum Gasteiger partial charge on any atom is 0.241 e. The summed E-state index contributed by atoms with van der Waals surface area (Å²) in [6.45, 7) is 6.05. The maximum atomic E-state index is 12.7. The van der Waals surface area contributed by atoms with Crippen LogP contribution in [-0.4, -0.2) is 67.2 Å². The van der Waals surface area contributed by atoms with E-state index in [1.807, 2.05) is 4.90 Å². The molecule has 6 heteroatoms. The van der Waals surface area contributed by atoms with Gasteiger partial charge in [0.15, 0.2) is 0 Å². The number of piperidine rings is 1. The van der Waals surface area contributed by atoms with Gasteiger partial charge in [-0.15, -0.1) is 0 Å². The van der Waals surface area contributed by atoms with Crippen LogP contribution in [-0.2, 0) is 16.1 Å². The van der Waals surface area contributed by atoms with E-state index < -0.39 is 0 Å². The number of nitrogens with one attached hydrogen (secondary N) is 2. The summed E-state index contributed by atoms with van der Waals surface area (Å²) in [7, 11) is 0. The Morgan fingerprint density at radius 3 is 2.73 bits per heavy atom. The Labute approximate surface area is 155 Å². The highest BCUT2D eigenvalue weighted by molar-refractivity contribution is 5.82. The number of carbonyl (C=O) groups is 1. The molecule has 0 aliphatic carbocycles. The molecule has 1 aromatic carbocycles. The Morgan fingerprint density at radius 1 is 1.12 bits per heavy atom. The molecule has 142 valence electrons. The third-order valence-electron chi connectivity index (χ3n) is 5.91. The summed E-state index contributed by atoms with van der Waals surface area (Å²) in [6, 6.07) is 11.0. The molecule has 1 aromatic rings. The van der Waals surface area contributed by atoms with Gasteiger partial charge >= 0.3 is 0 Å². The molecule has 3 saturated heterocycles. The molecule has 2 N–H and O–H groups in total. The van der Waals surface area contributed by atoms with Gasteiger partial charge in [0, 0.05) is 32.2 Å². The lowest BCUT2D eigenvalue weighted by atomic mass is 9.88. The molecule has 3 heterocycles. The normalized spacial score (nSPS) is 30.5. The van der Waals surface area contributed by atoms with Crippen molar-refractivity contribution in [1.29, 1.82) is 0 Å². The molecule has 3 aliphatic heterocycles. The molecule has 0 aromatic heterocycles. The number of nitrogens with zero attached hydrogens (tertiary/aromatic N) is 2. The second kappa shape index (κ2) is 8.48. The van der Waals surface area contributed by atoms with Gasteiger partial charge in [-0.2, -0.15) is 0 Å². The van der Waals surface area contributed by atoms with Crippen molar-refractivity contribution >= 4 is 5.91 Å². The molecule has 3 fully saturated rings. The fourth-order valence-electron chi connectivity index (χ4n) is 4.46. The fourth-order valence-corrected chi connectivity index (χ4v) is 4.46. The van der Waals surface area contributed by atoms with Crippen LogP contribution in [0.1, 0.15) is 24.8 Å². The van der Waals surface area contributed by atoms with Crippen LogP contribution < -0.4 is 10.9 Å². The summed E-state index contributed by atoms with van der Waals surface area (Å²) in [5, 5.41) is 0. The maximum absolute atomic E-state index is 12.7. The minimum atomic E-state index is -0.0948. The average Bonchev–Trinajstić information content (AvgIpc) is 3.19. The highest BCUT2D eigenvalue weighted by Crippen LogP contribution is 2.26. The Morgan fingerprint density at radius 2 is 1.92 bits per heavy atom. The van der Waals surface area contributed by atoms with Gasteiger partial charge in [-0.25, -0.2) is 5.43 Å². The zero-order valence-corrected chi connectivity index (χ0v) is 15.4. The quantitative estimate of drug-likeness (QED) is 0.841. The molecule has 0 bridgehead atoms. The summed E-state index contributed by atoms with van der Waals surface area (Å²) < 4.78 is 5.35. The Balaban J connectivity index is 1.29. The van der Waals surface area contributed by atoms with Crippen molar-refractivity contribution in [2.24, 2.45) is 5.92 Å². The summed E-state index contributed by atoms with van der Waals surface area (Å²) in [4.78, 5) is 17.2. The van der Waals surface area contributed by atoms with E-state index in [2.05, 4.69) is 46.1 Å². The van der Waals surface area contributed by atoms with Crippen molar-refractivity contribution < 1.29 is 9.53 Å². The van der Waals surface area contributed by atoms with Crippen LogP contribution in [0.4, 0.5) is 0 Å². The van der Waals surface area contributed by atoms with E-state index in [0.717, 1.165) is 32.6 Å². The lowest BCUT2D eigenvalue weighted by molar-refractivity contribution is -0.137. The first kappa shape index (κ1) is 17.9. The molecule has 3 aliphatic rings. The van der Waals surface area contributed by atoms with Crippen molar-refractivity contribution in [3.8, 4) is 0 Å². The Hall–Kier alpha value is -1.47. The third-order valence-corrected chi connectivity index (χ3v) is 5.91. The standard InChI is InChI=1S/C20H30N4O2/c25-20(24-9-11-26-12-10-24)19-13-18(21-22-19)17-7-4-8-23(15-17)14-16-5-2-1-3-6-16/h1-3,5-6,17-19,21-22H,4,7-15H2. The van der Waals surface area contributed by atoms with Crippen LogP contribution in [0, 0.1) is 5.92 Å². The van der Waals surface area contributed by atoms with Crippen LogP contribution in [0.2, 0.25) is 0 Å². The number of likely N-dealkylation sites (tertiary alicyclic amines) is 1. The van der Waals surface area contributed by atoms with Gasteiger partial charge in [0.05, 0.1) is 13.2 Å². The number of hydrazine groups is 1. The lowest BCUT2D eigenvalue weighted by Crippen LogP contribution is -2.49. The molecule has 26 heavy (non-hydrogen) atoms. The number of benzene rings is 1. The lowest BCUT2D eigenvalue weighted by Gasteiger charge is -2.35. The molecule has 0 saturated carbocycles. The summed E-state index contributed by atoms with van der Waals surface area (Å²) in [5.74, 6) is 0.822. The summed E-state index contributed by atoms with van der Waals surface area (Å²) in [6.07, 6.45) is 3.36. The predicted octanol–water partition coefficient (Wildman–Crippen LogP) is 0.993. The van der Waals surface area contributed by atoms with Gasteiger partial charge in [-0.3, -0.25) is 15.1 Å². The van der Waals surface area contributed by atoms with Crippen LogP contribution in [0.5, 0.6) is 0 Å². The smallest absolute Gasteiger partial charge is 0.241 e. The highest BCUT2D eigenvalue weighted by Gasteiger charge is 2.37. The van der Waals surface area contributed by atoms with E-state index in [9.17, 15) is 4.79 Å². The van der Waals surface area contributed by atoms with Gasteiger partial charge in [0.2, 0.25) is 5.91 Å². The first-order valence-corrected chi connectivity index (χ1v) is 9.93. The number of hydrogen-bond donors (Lipinski definition) is 2. The number of amides is 1. The minimum Gasteiger partial charge on any atom is -0.378 e. The minimum absolute atomic E-state index is 0.0948. The first-order chi connectivity index (χ1) is 12.8. The number of ether oxygens (including phenoxy) is 1. The van der Waals surface area contributed by atoms with Gasteiger partial charge in [-0.1, -0.05) is 30.3 Å². The van der Waals surface area contributed by atoms with Crippen LogP contribution in [0.3, 0.4) is 0 Å².